The van der Waals surface area contributed by atoms with Gasteiger partial charge in [-0.15, -0.1) is 0 Å². The maximum absolute atomic E-state index is 2.17. The lowest BCUT2D eigenvalue weighted by Crippen LogP contribution is -1.71. The summed E-state index contributed by atoms with van der Waals surface area (Å²) in [5, 5.41) is 0. The second-order valence-electron chi connectivity index (χ2n) is 2.16. The SMILES string of the molecule is Cc1cccc(C)c1.[N]. The van der Waals surface area contributed by atoms with Crippen molar-refractivity contribution in [1.82, 2.24) is 6.15 Å². The molecule has 9 heavy (non-hydrogen) atoms. The molecule has 1 heteroatoms. The first-order chi connectivity index (χ1) is 3.79. The molecule has 0 aliphatic rings. The van der Waals surface area contributed by atoms with Crippen LogP contribution in [0.2, 0.25) is 0 Å². The molecule has 0 aliphatic carbocycles. The Balaban J connectivity index is 0.000000640. The summed E-state index contributed by atoms with van der Waals surface area (Å²) in [5.74, 6) is 0. The van der Waals surface area contributed by atoms with E-state index in [1.165, 1.54) is 11.1 Å². The molecular weight excluding hydrogens is 110 g/mol. The summed E-state index contributed by atoms with van der Waals surface area (Å²) in [6, 6.07) is 8.45. The van der Waals surface area contributed by atoms with E-state index in [0.717, 1.165) is 0 Å². The van der Waals surface area contributed by atoms with Crippen molar-refractivity contribution in [3.63, 3.8) is 0 Å². The molecule has 0 saturated carbocycles. The molecule has 1 rings (SSSR count). The van der Waals surface area contributed by atoms with Gasteiger partial charge in [0.15, 0.2) is 0 Å². The van der Waals surface area contributed by atoms with Gasteiger partial charge in [-0.1, -0.05) is 35.4 Å². The first kappa shape index (κ1) is 8.18. The highest BCUT2D eigenvalue weighted by atomic mass is 14.0. The van der Waals surface area contributed by atoms with Gasteiger partial charge in [-0.05, 0) is 13.8 Å². The van der Waals surface area contributed by atoms with Crippen molar-refractivity contribution >= 4 is 0 Å². The Morgan fingerprint density at radius 1 is 1.00 bits per heavy atom. The molecule has 3 radical (unpaired) electrons. The molecule has 0 bridgehead atoms. The maximum atomic E-state index is 2.17. The van der Waals surface area contributed by atoms with Crippen molar-refractivity contribution < 1.29 is 0 Å². The molecule has 0 atom stereocenters. The van der Waals surface area contributed by atoms with Crippen molar-refractivity contribution in [2.45, 2.75) is 13.8 Å². The molecule has 0 heterocycles. The molecule has 0 N–H and O–H groups in total. The third-order valence-corrected chi connectivity index (χ3v) is 1.17. The van der Waals surface area contributed by atoms with Crippen molar-refractivity contribution in [1.29, 1.82) is 0 Å². The van der Waals surface area contributed by atoms with E-state index in [0.29, 0.717) is 0 Å². The lowest BCUT2D eigenvalue weighted by atomic mass is 10.2. The quantitative estimate of drug-likeness (QED) is 0.500. The molecule has 0 aromatic heterocycles. The zero-order valence-electron chi connectivity index (χ0n) is 5.76. The minimum absolute atomic E-state index is 0. The third-order valence-electron chi connectivity index (χ3n) is 1.17. The third kappa shape index (κ3) is 2.29. The van der Waals surface area contributed by atoms with Gasteiger partial charge < -0.3 is 0 Å². The molecular formula is C8H10N. The van der Waals surface area contributed by atoms with E-state index >= 15 is 0 Å². The fourth-order valence-electron chi connectivity index (χ4n) is 0.807. The number of hydrogen-bond acceptors (Lipinski definition) is 0. The Hall–Kier alpha value is -0.820. The van der Waals surface area contributed by atoms with Gasteiger partial charge >= 0.3 is 0 Å². The Bertz CT molecular complexity index is 164. The summed E-state index contributed by atoms with van der Waals surface area (Å²) >= 11 is 0. The van der Waals surface area contributed by atoms with Gasteiger partial charge in [0.2, 0.25) is 0 Å². The lowest BCUT2D eigenvalue weighted by molar-refractivity contribution is 1.39. The molecule has 0 aliphatic heterocycles. The summed E-state index contributed by atoms with van der Waals surface area (Å²) in [6.07, 6.45) is 0. The average Bonchev–Trinajstić information content (AvgIpc) is 1.64. The summed E-state index contributed by atoms with van der Waals surface area (Å²) in [4.78, 5) is 0. The predicted octanol–water partition coefficient (Wildman–Crippen LogP) is 1.82. The minimum Gasteiger partial charge on any atom is -0.0617 e. The van der Waals surface area contributed by atoms with Crippen LogP contribution in [0.5, 0.6) is 0 Å². The van der Waals surface area contributed by atoms with Gasteiger partial charge in [-0.3, -0.25) is 0 Å². The molecule has 1 aromatic rings. The van der Waals surface area contributed by atoms with E-state index in [1.54, 1.807) is 0 Å². The van der Waals surface area contributed by atoms with Crippen LogP contribution in [0.3, 0.4) is 0 Å². The zero-order valence-corrected chi connectivity index (χ0v) is 5.76. The molecule has 1 nitrogen and oxygen atoms in total. The number of hydrogen-bond donors (Lipinski definition) is 0. The second kappa shape index (κ2) is 3.25. The van der Waals surface area contributed by atoms with Crippen LogP contribution in [0.25, 0.3) is 0 Å². The fourth-order valence-corrected chi connectivity index (χ4v) is 0.807. The molecule has 0 spiro atoms. The lowest BCUT2D eigenvalue weighted by Gasteiger charge is -1.90. The van der Waals surface area contributed by atoms with Crippen LogP contribution in [-0.4, -0.2) is 0 Å². The monoisotopic (exact) mass is 120 g/mol. The normalized spacial score (nSPS) is 8.22. The molecule has 47 valence electrons. The first-order valence-corrected chi connectivity index (χ1v) is 2.82. The molecule has 1 aromatic carbocycles. The summed E-state index contributed by atoms with van der Waals surface area (Å²) in [7, 11) is 0. The van der Waals surface area contributed by atoms with Crippen LogP contribution in [0.1, 0.15) is 11.1 Å². The molecule has 0 fully saturated rings. The highest BCUT2D eigenvalue weighted by Gasteiger charge is 1.80. The van der Waals surface area contributed by atoms with Crippen LogP contribution < -0.4 is 6.15 Å². The van der Waals surface area contributed by atoms with E-state index < -0.39 is 0 Å². The van der Waals surface area contributed by atoms with Crippen molar-refractivity contribution in [2.24, 2.45) is 0 Å². The summed E-state index contributed by atoms with van der Waals surface area (Å²) in [6.45, 7) is 4.21. The van der Waals surface area contributed by atoms with E-state index in [-0.39, 0.29) is 6.15 Å². The second-order valence-corrected chi connectivity index (χ2v) is 2.16. The molecule has 0 saturated heterocycles. The van der Waals surface area contributed by atoms with E-state index in [4.69, 9.17) is 0 Å². The van der Waals surface area contributed by atoms with Gasteiger partial charge in [-0.2, -0.15) is 0 Å². The standard InChI is InChI=1S/C8H10.N/c1-7-4-3-5-8(2)6-7;/h3-6H,1-2H3;. The summed E-state index contributed by atoms with van der Waals surface area (Å²) in [5.41, 5.74) is 2.68. The van der Waals surface area contributed by atoms with Crippen molar-refractivity contribution in [2.75, 3.05) is 0 Å². The average molecular weight is 120 g/mol. The van der Waals surface area contributed by atoms with Gasteiger partial charge in [0.1, 0.15) is 0 Å². The predicted molar refractivity (Wildman–Crippen MR) is 38.1 cm³/mol. The first-order valence-electron chi connectivity index (χ1n) is 2.82. The highest BCUT2D eigenvalue weighted by molar-refractivity contribution is 5.20. The zero-order chi connectivity index (χ0) is 5.98. The van der Waals surface area contributed by atoms with Crippen LogP contribution in [0, 0.1) is 13.8 Å². The topological polar surface area (TPSA) is 30.5 Å². The highest BCUT2D eigenvalue weighted by Crippen LogP contribution is 2.00. The van der Waals surface area contributed by atoms with Crippen LogP contribution >= 0.6 is 0 Å². The Morgan fingerprint density at radius 3 is 1.67 bits per heavy atom. The van der Waals surface area contributed by atoms with Gasteiger partial charge in [0, 0.05) is 6.15 Å². The van der Waals surface area contributed by atoms with Gasteiger partial charge in [0.25, 0.3) is 0 Å². The smallest absolute Gasteiger partial charge is 0 e. The number of rotatable bonds is 0. The number of nitrogens with zero attached hydrogens (tertiary/aromatic N) is 1. The van der Waals surface area contributed by atoms with E-state index in [9.17, 15) is 0 Å². The van der Waals surface area contributed by atoms with Crippen LogP contribution in [-0.2, 0) is 0 Å². The maximum Gasteiger partial charge on any atom is 0 e. The Labute approximate surface area is 56.3 Å². The van der Waals surface area contributed by atoms with E-state index in [2.05, 4.69) is 38.1 Å². The Morgan fingerprint density at radius 2 is 1.44 bits per heavy atom. The fraction of sp³-hybridized carbons (Fsp3) is 0.250. The number of aryl methyl sites for hydroxylation is 2. The van der Waals surface area contributed by atoms with E-state index in [1.807, 2.05) is 0 Å². The van der Waals surface area contributed by atoms with Crippen molar-refractivity contribution in [3.8, 4) is 0 Å². The van der Waals surface area contributed by atoms with Gasteiger partial charge in [-0.25, -0.2) is 0 Å². The molecule has 0 unspecified atom stereocenters. The number of benzene rings is 1. The molecule has 0 amide bonds. The van der Waals surface area contributed by atoms with Gasteiger partial charge in [0.05, 0.1) is 0 Å². The summed E-state index contributed by atoms with van der Waals surface area (Å²) < 4.78 is 0. The minimum atomic E-state index is 0. The van der Waals surface area contributed by atoms with Crippen molar-refractivity contribution in [3.05, 3.63) is 35.4 Å². The largest absolute Gasteiger partial charge is 0.0617 e. The van der Waals surface area contributed by atoms with Crippen LogP contribution in [0.15, 0.2) is 24.3 Å². The van der Waals surface area contributed by atoms with Crippen LogP contribution in [0.4, 0.5) is 0 Å². The Kier molecular flexibility index (Phi) is 2.96.